The molecule has 2 aromatic carbocycles. The van der Waals surface area contributed by atoms with Gasteiger partial charge in [0.2, 0.25) is 5.91 Å². The number of aliphatic hydroxyl groups is 1. The number of allylic oxidation sites excluding steroid dienone is 4. The second kappa shape index (κ2) is 20.4. The molecule has 16 heteroatoms. The first-order valence-corrected chi connectivity index (χ1v) is 28.2. The number of carbonyl (C=O) groups excluding carboxylic acids is 6. The zero-order chi connectivity index (χ0) is 55.0. The highest BCUT2D eigenvalue weighted by atomic mass is 16.6. The van der Waals surface area contributed by atoms with E-state index >= 15 is 0 Å². The first-order chi connectivity index (χ1) is 37.4. The molecule has 2 saturated carbocycles. The number of rotatable bonds is 13. The van der Waals surface area contributed by atoms with Gasteiger partial charge < -0.3 is 38.6 Å². The Morgan fingerprint density at radius 3 is 2.37 bits per heavy atom. The lowest BCUT2D eigenvalue weighted by atomic mass is 9.50. The van der Waals surface area contributed by atoms with Gasteiger partial charge in [-0.2, -0.15) is 0 Å². The molecule has 2 aromatic heterocycles. The highest BCUT2D eigenvalue weighted by molar-refractivity contribution is 5.94. The number of Topliss-reactive ketones (excluding diaryl/α,β-unsaturated/α-hetero) is 1. The van der Waals surface area contributed by atoms with Crippen molar-refractivity contribution in [2.24, 2.45) is 17.3 Å². The Morgan fingerprint density at radius 2 is 1.65 bits per heavy atom. The zero-order valence-electron chi connectivity index (χ0n) is 45.8. The second-order valence-corrected chi connectivity index (χ2v) is 23.1. The van der Waals surface area contributed by atoms with Crippen molar-refractivity contribution in [1.29, 1.82) is 0 Å². The van der Waals surface area contributed by atoms with Crippen LogP contribution in [0.25, 0.3) is 22.3 Å². The third-order valence-electron chi connectivity index (χ3n) is 19.1. The van der Waals surface area contributed by atoms with Crippen molar-refractivity contribution in [3.8, 4) is 17.1 Å². The second-order valence-electron chi connectivity index (χ2n) is 23.1. The van der Waals surface area contributed by atoms with Gasteiger partial charge in [0, 0.05) is 93.1 Å². The van der Waals surface area contributed by atoms with E-state index in [0.717, 1.165) is 73.7 Å². The fourth-order valence-corrected chi connectivity index (χ4v) is 15.0. The molecule has 3 fully saturated rings. The number of ether oxygens (including phenoxy) is 3. The Labute approximate surface area is 454 Å². The number of unbranched alkanes of at least 4 members (excludes halogenated alkanes) is 2. The number of piperazine rings is 1. The number of hydrogen-bond donors (Lipinski definition) is 1. The molecule has 78 heavy (non-hydrogen) atoms. The topological polar surface area (TPSA) is 195 Å². The van der Waals surface area contributed by atoms with E-state index in [1.54, 1.807) is 41.5 Å². The largest absolute Gasteiger partial charge is 0.458 e. The molecule has 7 aliphatic rings. The number of hydrogen-bond acceptors (Lipinski definition) is 13. The fraction of sp³-hybridized carbons (Fsp3) is 0.516. The van der Waals surface area contributed by atoms with Gasteiger partial charge in [0.15, 0.2) is 22.8 Å². The van der Waals surface area contributed by atoms with Crippen molar-refractivity contribution >= 4 is 52.1 Å². The number of amides is 2. The van der Waals surface area contributed by atoms with E-state index in [0.29, 0.717) is 80.9 Å². The van der Waals surface area contributed by atoms with Crippen LogP contribution in [0.15, 0.2) is 76.1 Å². The molecule has 0 spiro atoms. The van der Waals surface area contributed by atoms with Gasteiger partial charge in [-0.3, -0.25) is 24.0 Å². The minimum atomic E-state index is -1.92. The van der Waals surface area contributed by atoms with Crippen LogP contribution in [0.1, 0.15) is 145 Å². The van der Waals surface area contributed by atoms with Gasteiger partial charge in [0.25, 0.3) is 5.56 Å². The molecule has 1 unspecified atom stereocenters. The molecule has 16 nitrogen and oxygen atoms in total. The molecule has 6 atom stereocenters. The van der Waals surface area contributed by atoms with Gasteiger partial charge in [-0.15, -0.1) is 0 Å². The summed E-state index contributed by atoms with van der Waals surface area (Å²) in [5.41, 5.74) is 6.43. The molecule has 1 N–H and O–H groups in total. The third-order valence-corrected chi connectivity index (χ3v) is 19.1. The van der Waals surface area contributed by atoms with E-state index in [9.17, 15) is 38.7 Å². The van der Waals surface area contributed by atoms with Crippen LogP contribution in [0.5, 0.6) is 5.75 Å². The summed E-state index contributed by atoms with van der Waals surface area (Å²) in [6, 6.07) is 15.8. The minimum absolute atomic E-state index is 0.0258. The molecule has 1 saturated heterocycles. The van der Waals surface area contributed by atoms with E-state index < -0.39 is 34.6 Å². The van der Waals surface area contributed by atoms with Crippen molar-refractivity contribution in [1.82, 2.24) is 19.4 Å². The zero-order valence-corrected chi connectivity index (χ0v) is 45.8. The van der Waals surface area contributed by atoms with Gasteiger partial charge >= 0.3 is 18.0 Å². The highest BCUT2D eigenvalue weighted by Crippen LogP contribution is 2.68. The summed E-state index contributed by atoms with van der Waals surface area (Å²) in [6.45, 7) is 11.3. The maximum absolute atomic E-state index is 13.8. The number of aromatic nitrogens is 2. The van der Waals surface area contributed by atoms with Crippen LogP contribution in [0.3, 0.4) is 0 Å². The Balaban J connectivity index is 0.673. The quantitative estimate of drug-likeness (QED) is 0.0869. The number of esters is 2. The smallest absolute Gasteiger partial charge is 0.415 e. The van der Waals surface area contributed by atoms with Crippen LogP contribution >= 0.6 is 0 Å². The number of anilines is 1. The molecule has 11 rings (SSSR count). The van der Waals surface area contributed by atoms with Crippen molar-refractivity contribution in [2.75, 3.05) is 44.7 Å². The van der Waals surface area contributed by atoms with Crippen LogP contribution < -0.4 is 15.2 Å². The lowest BCUT2D eigenvalue weighted by Crippen LogP contribution is -2.57. The normalized spacial score (nSPS) is 26.0. The molecule has 0 bridgehead atoms. The summed E-state index contributed by atoms with van der Waals surface area (Å²) in [4.78, 5) is 103. The Morgan fingerprint density at radius 1 is 0.897 bits per heavy atom. The summed E-state index contributed by atoms with van der Waals surface area (Å²) >= 11 is 0. The molecule has 4 aromatic rings. The number of carbonyl (C=O) groups is 6. The maximum Gasteiger partial charge on any atom is 0.415 e. The predicted molar refractivity (Wildman–Crippen MR) is 292 cm³/mol. The van der Waals surface area contributed by atoms with Gasteiger partial charge in [0.05, 0.1) is 29.0 Å². The lowest BCUT2D eigenvalue weighted by molar-refractivity contribution is -0.182. The summed E-state index contributed by atoms with van der Waals surface area (Å²) in [5.74, 6) is -0.156. The summed E-state index contributed by atoms with van der Waals surface area (Å²) < 4.78 is 18.9. The first-order valence-electron chi connectivity index (χ1n) is 28.2. The summed E-state index contributed by atoms with van der Waals surface area (Å²) in [7, 11) is 2.09. The van der Waals surface area contributed by atoms with E-state index in [1.165, 1.54) is 29.2 Å². The van der Waals surface area contributed by atoms with Gasteiger partial charge in [-0.1, -0.05) is 44.9 Å². The fourth-order valence-electron chi connectivity index (χ4n) is 15.0. The van der Waals surface area contributed by atoms with Gasteiger partial charge in [0.1, 0.15) is 12.4 Å². The van der Waals surface area contributed by atoms with Crippen LogP contribution in [0.4, 0.5) is 10.5 Å². The average molecular weight is 1060 g/mol. The van der Waals surface area contributed by atoms with Crippen molar-refractivity contribution in [2.45, 2.75) is 148 Å². The predicted octanol–water partition coefficient (Wildman–Crippen LogP) is 8.77. The van der Waals surface area contributed by atoms with E-state index in [4.69, 9.17) is 19.2 Å². The number of aryl methyl sites for hydroxylation is 1. The van der Waals surface area contributed by atoms with Gasteiger partial charge in [-0.05, 0) is 148 Å². The monoisotopic (exact) mass is 1060 g/mol. The highest BCUT2D eigenvalue weighted by Gasteiger charge is 2.67. The van der Waals surface area contributed by atoms with Crippen molar-refractivity contribution < 1.29 is 48.1 Å². The van der Waals surface area contributed by atoms with Crippen LogP contribution in [-0.4, -0.2) is 105 Å². The summed E-state index contributed by atoms with van der Waals surface area (Å²) in [6.07, 6.45) is 10.1. The van der Waals surface area contributed by atoms with Crippen LogP contribution in [0.2, 0.25) is 0 Å². The molecule has 5 heterocycles. The van der Waals surface area contributed by atoms with Crippen LogP contribution in [-0.2, 0) is 58.6 Å². The molecular weight excluding hydrogens is 991 g/mol. The number of fused-ring (bicyclic) bond motifs is 9. The third kappa shape index (κ3) is 8.76. The van der Waals surface area contributed by atoms with E-state index in [2.05, 4.69) is 43.1 Å². The van der Waals surface area contributed by atoms with E-state index in [-0.39, 0.29) is 71.5 Å². The molecule has 0 radical (unpaired) electrons. The number of nitrogens with zero attached hydrogens (tertiary/aromatic N) is 5. The average Bonchev–Trinajstić information content (AvgIpc) is 3.59. The van der Waals surface area contributed by atoms with Gasteiger partial charge in [-0.25, -0.2) is 14.6 Å². The summed E-state index contributed by atoms with van der Waals surface area (Å²) in [5, 5.41) is 12.1. The Hall–Kier alpha value is -6.94. The standard InChI is InChI=1S/C62H71N5O11/c1-7-43-46-31-42(19-22-52(46)63-56-48(43)34-67-53(56)32-51-49(57(67)72)35-76-58(73)61(51,75)8-2)77-59(74)66-28-26-65(27-29-66)54(71)12-10-9-11-25-64(6)40-16-13-38(14-17-40)47-33-60(5)50(23-24-62(60,36(3)68)78-37(4)69)45-20-15-39-30-41(70)18-21-44(39)55(45)47/h13-14,16-17,19,22,30-32,45,47,50,75H,7-12,15,18,20-21,23-29,33-35H2,1-6H3/t45-,47?,50-,60-,61-,62-/m0/s1. The Bertz CT molecular complexity index is 3310. The molecule has 410 valence electrons. The first kappa shape index (κ1) is 53.1. The molecule has 2 amide bonds. The van der Waals surface area contributed by atoms with Crippen molar-refractivity contribution in [3.05, 3.63) is 109 Å². The SMILES string of the molecule is CCc1c2c(nc3ccc(OC(=O)N4CCN(C(=O)CCCCCN(C)c5ccc(C6C[C@@]7(C)[C@@H](CC[C@]7(OC(C)=O)C(C)=O)[C@@H]7CCC8=CC(=O)CCC8=C67)cc5)CC4)cc13)-c1cc3c(c(=O)n1C2)COC(=O)[C@]3(O)CC. The lowest BCUT2D eigenvalue weighted by Gasteiger charge is -2.55. The Kier molecular flexibility index (Phi) is 13.9. The number of benzene rings is 2. The van der Waals surface area contributed by atoms with Crippen molar-refractivity contribution in [3.63, 3.8) is 0 Å². The number of ketones is 2. The number of pyridine rings is 2. The van der Waals surface area contributed by atoms with E-state index in [1.807, 2.05) is 24.0 Å². The maximum atomic E-state index is 13.8. The van der Waals surface area contributed by atoms with Crippen LogP contribution in [0, 0.1) is 17.3 Å². The molecule has 4 aliphatic carbocycles. The number of cyclic esters (lactones) is 1. The minimum Gasteiger partial charge on any atom is -0.458 e. The molecular formula is C62H71N5O11. The molecule has 3 aliphatic heterocycles.